The molecule has 0 bridgehead atoms. The molecular weight excluding hydrogens is 292 g/mol. The van der Waals surface area contributed by atoms with E-state index in [2.05, 4.69) is 59.6 Å². The van der Waals surface area contributed by atoms with Crippen molar-refractivity contribution in [2.45, 2.75) is 45.2 Å². The summed E-state index contributed by atoms with van der Waals surface area (Å²) in [5.74, 6) is 0. The second-order valence-corrected chi connectivity index (χ2v) is 7.38. The molecule has 4 rings (SSSR count). The lowest BCUT2D eigenvalue weighted by Crippen LogP contribution is -2.28. The van der Waals surface area contributed by atoms with E-state index < -0.39 is 0 Å². The highest BCUT2D eigenvalue weighted by Gasteiger charge is 2.19. The van der Waals surface area contributed by atoms with E-state index in [1.807, 2.05) is 0 Å². The molecule has 0 aromatic heterocycles. The van der Waals surface area contributed by atoms with E-state index in [1.165, 1.54) is 60.2 Å². The van der Waals surface area contributed by atoms with Crippen molar-refractivity contribution in [2.24, 2.45) is 0 Å². The van der Waals surface area contributed by atoms with E-state index in [9.17, 15) is 0 Å². The van der Waals surface area contributed by atoms with Gasteiger partial charge in [0.05, 0.1) is 0 Å². The molecule has 2 heterocycles. The molecule has 1 N–H and O–H groups in total. The van der Waals surface area contributed by atoms with Crippen LogP contribution in [0.15, 0.2) is 42.5 Å². The third kappa shape index (κ3) is 3.40. The molecule has 0 amide bonds. The highest BCUT2D eigenvalue weighted by Crippen LogP contribution is 2.25. The van der Waals surface area contributed by atoms with E-state index in [1.54, 1.807) is 0 Å². The van der Waals surface area contributed by atoms with Crippen LogP contribution in [0, 0.1) is 0 Å². The minimum Gasteiger partial charge on any atom is -0.312 e. The zero-order valence-corrected chi connectivity index (χ0v) is 14.7. The number of hydrogen-bond acceptors (Lipinski definition) is 2. The first-order valence-electron chi connectivity index (χ1n) is 9.45. The van der Waals surface area contributed by atoms with Crippen molar-refractivity contribution >= 4 is 0 Å². The van der Waals surface area contributed by atoms with Gasteiger partial charge in [-0.3, -0.25) is 0 Å². The van der Waals surface area contributed by atoms with Crippen molar-refractivity contribution in [1.82, 2.24) is 10.2 Å². The SMILES string of the molecule is CC1CCCN1CCc1ccc(-c2ccc3c(c2)CCNC3)cc1. The first kappa shape index (κ1) is 15.9. The number of likely N-dealkylation sites (tertiary alicyclic amines) is 1. The molecule has 0 aliphatic carbocycles. The zero-order chi connectivity index (χ0) is 16.4. The maximum absolute atomic E-state index is 3.44. The van der Waals surface area contributed by atoms with E-state index in [0.717, 1.165) is 25.6 Å². The summed E-state index contributed by atoms with van der Waals surface area (Å²) < 4.78 is 0. The van der Waals surface area contributed by atoms with Crippen LogP contribution in [-0.4, -0.2) is 30.6 Å². The zero-order valence-electron chi connectivity index (χ0n) is 14.7. The van der Waals surface area contributed by atoms with Crippen LogP contribution in [0.5, 0.6) is 0 Å². The summed E-state index contributed by atoms with van der Waals surface area (Å²) in [7, 11) is 0. The fraction of sp³-hybridized carbons (Fsp3) is 0.455. The van der Waals surface area contributed by atoms with Gasteiger partial charge in [-0.1, -0.05) is 42.5 Å². The Bertz CT molecular complexity index is 690. The second kappa shape index (κ2) is 7.08. The Kier molecular flexibility index (Phi) is 4.68. The average molecular weight is 320 g/mol. The topological polar surface area (TPSA) is 15.3 Å². The number of rotatable bonds is 4. The number of hydrogen-bond donors (Lipinski definition) is 1. The largest absolute Gasteiger partial charge is 0.312 e. The molecule has 0 saturated carbocycles. The molecule has 24 heavy (non-hydrogen) atoms. The summed E-state index contributed by atoms with van der Waals surface area (Å²) >= 11 is 0. The Morgan fingerprint density at radius 1 is 1.04 bits per heavy atom. The van der Waals surface area contributed by atoms with Crippen molar-refractivity contribution in [3.8, 4) is 11.1 Å². The van der Waals surface area contributed by atoms with E-state index in [4.69, 9.17) is 0 Å². The van der Waals surface area contributed by atoms with Gasteiger partial charge in [0, 0.05) is 19.1 Å². The van der Waals surface area contributed by atoms with Crippen LogP contribution < -0.4 is 5.32 Å². The van der Waals surface area contributed by atoms with Gasteiger partial charge in [-0.05, 0) is 73.5 Å². The third-order valence-corrected chi connectivity index (χ3v) is 5.76. The van der Waals surface area contributed by atoms with Crippen molar-refractivity contribution < 1.29 is 0 Å². The molecule has 1 unspecified atom stereocenters. The normalized spacial score (nSPS) is 21.0. The molecule has 2 nitrogen and oxygen atoms in total. The Morgan fingerprint density at radius 2 is 1.88 bits per heavy atom. The first-order valence-corrected chi connectivity index (χ1v) is 9.45. The molecule has 0 spiro atoms. The Morgan fingerprint density at radius 3 is 2.67 bits per heavy atom. The highest BCUT2D eigenvalue weighted by molar-refractivity contribution is 5.65. The molecule has 1 saturated heterocycles. The number of benzene rings is 2. The highest BCUT2D eigenvalue weighted by atomic mass is 15.2. The Balaban J connectivity index is 1.43. The van der Waals surface area contributed by atoms with Crippen LogP contribution in [0.2, 0.25) is 0 Å². The number of fused-ring (bicyclic) bond motifs is 1. The van der Waals surface area contributed by atoms with Crippen LogP contribution in [0.3, 0.4) is 0 Å². The molecule has 2 aromatic carbocycles. The van der Waals surface area contributed by atoms with Crippen molar-refractivity contribution in [1.29, 1.82) is 0 Å². The molecule has 2 aliphatic rings. The van der Waals surface area contributed by atoms with Crippen molar-refractivity contribution in [3.63, 3.8) is 0 Å². The quantitative estimate of drug-likeness (QED) is 0.915. The van der Waals surface area contributed by atoms with Crippen LogP contribution in [0.25, 0.3) is 11.1 Å². The molecule has 0 radical (unpaired) electrons. The predicted molar refractivity (Wildman–Crippen MR) is 101 cm³/mol. The maximum atomic E-state index is 3.44. The van der Waals surface area contributed by atoms with Gasteiger partial charge in [-0.25, -0.2) is 0 Å². The summed E-state index contributed by atoms with van der Waals surface area (Å²) in [4.78, 5) is 2.63. The molecule has 126 valence electrons. The summed E-state index contributed by atoms with van der Waals surface area (Å²) in [6, 6.07) is 16.9. The summed E-state index contributed by atoms with van der Waals surface area (Å²) in [6.45, 7) is 6.96. The van der Waals surface area contributed by atoms with Gasteiger partial charge >= 0.3 is 0 Å². The first-order chi connectivity index (χ1) is 11.8. The lowest BCUT2D eigenvalue weighted by molar-refractivity contribution is 0.272. The second-order valence-electron chi connectivity index (χ2n) is 7.38. The molecular formula is C22H28N2. The monoisotopic (exact) mass is 320 g/mol. The van der Waals surface area contributed by atoms with Gasteiger partial charge in [0.15, 0.2) is 0 Å². The lowest BCUT2D eigenvalue weighted by atomic mass is 9.95. The van der Waals surface area contributed by atoms with Crippen LogP contribution in [-0.2, 0) is 19.4 Å². The number of nitrogens with zero attached hydrogens (tertiary/aromatic N) is 1. The molecule has 2 aromatic rings. The summed E-state index contributed by atoms with van der Waals surface area (Å²) in [5.41, 5.74) is 7.13. The summed E-state index contributed by atoms with van der Waals surface area (Å²) in [5, 5.41) is 3.44. The van der Waals surface area contributed by atoms with Gasteiger partial charge < -0.3 is 10.2 Å². The van der Waals surface area contributed by atoms with Gasteiger partial charge in [0.2, 0.25) is 0 Å². The van der Waals surface area contributed by atoms with E-state index in [-0.39, 0.29) is 0 Å². The summed E-state index contributed by atoms with van der Waals surface area (Å²) in [6.07, 6.45) is 5.05. The van der Waals surface area contributed by atoms with Crippen molar-refractivity contribution in [3.05, 3.63) is 59.2 Å². The predicted octanol–water partition coefficient (Wildman–Crippen LogP) is 4.03. The van der Waals surface area contributed by atoms with Gasteiger partial charge in [0.1, 0.15) is 0 Å². The van der Waals surface area contributed by atoms with Crippen molar-refractivity contribution in [2.75, 3.05) is 19.6 Å². The molecule has 1 atom stereocenters. The number of nitrogens with one attached hydrogen (secondary N) is 1. The van der Waals surface area contributed by atoms with Gasteiger partial charge in [-0.2, -0.15) is 0 Å². The smallest absolute Gasteiger partial charge is 0.0208 e. The van der Waals surface area contributed by atoms with Gasteiger partial charge in [0.25, 0.3) is 0 Å². The molecule has 1 fully saturated rings. The standard InChI is InChI=1S/C22H28N2/c1-17-3-2-13-24(17)14-11-18-4-6-19(7-5-18)20-8-9-22-16-23-12-10-21(22)15-20/h4-9,15,17,23H,2-3,10-14,16H2,1H3. The van der Waals surface area contributed by atoms with E-state index in [0.29, 0.717) is 0 Å². The third-order valence-electron chi connectivity index (χ3n) is 5.76. The minimum absolute atomic E-state index is 0.772. The lowest BCUT2D eigenvalue weighted by Gasteiger charge is -2.20. The van der Waals surface area contributed by atoms with Crippen LogP contribution >= 0.6 is 0 Å². The van der Waals surface area contributed by atoms with Gasteiger partial charge in [-0.15, -0.1) is 0 Å². The van der Waals surface area contributed by atoms with Crippen LogP contribution in [0.1, 0.15) is 36.5 Å². The fourth-order valence-electron chi connectivity index (χ4n) is 4.12. The van der Waals surface area contributed by atoms with Crippen LogP contribution in [0.4, 0.5) is 0 Å². The Hall–Kier alpha value is -1.64. The maximum Gasteiger partial charge on any atom is 0.0208 e. The average Bonchev–Trinajstić information content (AvgIpc) is 3.05. The minimum atomic E-state index is 0.772. The Labute approximate surface area is 145 Å². The fourth-order valence-corrected chi connectivity index (χ4v) is 4.12. The van der Waals surface area contributed by atoms with E-state index >= 15 is 0 Å². The molecule has 2 heteroatoms. The molecule has 2 aliphatic heterocycles.